The number of anilines is 3. The number of carbonyl (C=O) groups excluding carboxylic acids is 1. The minimum atomic E-state index is -4.59. The molecular formula is C15H16ClF3N6O2. The van der Waals surface area contributed by atoms with Crippen molar-refractivity contribution in [1.82, 2.24) is 19.7 Å². The van der Waals surface area contributed by atoms with E-state index >= 15 is 0 Å². The summed E-state index contributed by atoms with van der Waals surface area (Å²) >= 11 is 6.09. The zero-order chi connectivity index (χ0) is 19.8. The van der Waals surface area contributed by atoms with Crippen LogP contribution in [0.4, 0.5) is 30.6 Å². The van der Waals surface area contributed by atoms with Gasteiger partial charge in [0.2, 0.25) is 5.95 Å². The van der Waals surface area contributed by atoms with Crippen LogP contribution < -0.4 is 10.6 Å². The molecule has 0 amide bonds. The number of nitrogens with one attached hydrogen (secondary N) is 2. The number of nitrogens with zero attached hydrogens (tertiary/aromatic N) is 4. The van der Waals surface area contributed by atoms with Gasteiger partial charge in [-0.15, -0.1) is 0 Å². The van der Waals surface area contributed by atoms with Crippen LogP contribution in [-0.2, 0) is 21.2 Å². The molecule has 1 aliphatic heterocycles. The lowest BCUT2D eigenvalue weighted by Gasteiger charge is -2.19. The molecule has 1 unspecified atom stereocenters. The van der Waals surface area contributed by atoms with E-state index in [0.29, 0.717) is 12.6 Å². The molecule has 2 aromatic heterocycles. The minimum Gasteiger partial charge on any atom is -0.464 e. The highest BCUT2D eigenvalue weighted by atomic mass is 35.5. The first-order valence-electron chi connectivity index (χ1n) is 8.03. The van der Waals surface area contributed by atoms with Crippen LogP contribution in [0.15, 0.2) is 12.4 Å². The van der Waals surface area contributed by atoms with E-state index in [0.717, 1.165) is 0 Å². The quantitative estimate of drug-likeness (QED) is 0.739. The van der Waals surface area contributed by atoms with E-state index in [-0.39, 0.29) is 35.8 Å². The molecule has 3 rings (SSSR count). The van der Waals surface area contributed by atoms with Crippen molar-refractivity contribution >= 4 is 35.0 Å². The number of halogens is 4. The van der Waals surface area contributed by atoms with Crippen LogP contribution in [0.3, 0.4) is 0 Å². The molecule has 0 saturated carbocycles. The first kappa shape index (κ1) is 19.2. The van der Waals surface area contributed by atoms with E-state index in [1.165, 1.54) is 10.9 Å². The zero-order valence-electron chi connectivity index (χ0n) is 14.4. The second-order valence-electron chi connectivity index (χ2n) is 6.05. The lowest BCUT2D eigenvalue weighted by atomic mass is 10.0. The highest BCUT2D eigenvalue weighted by molar-refractivity contribution is 6.32. The Bertz CT molecular complexity index is 872. The maximum Gasteiger partial charge on any atom is 0.421 e. The zero-order valence-corrected chi connectivity index (χ0v) is 15.1. The fourth-order valence-electron chi connectivity index (χ4n) is 2.57. The molecule has 27 heavy (non-hydrogen) atoms. The average Bonchev–Trinajstić information content (AvgIpc) is 3.11. The summed E-state index contributed by atoms with van der Waals surface area (Å²) in [4.78, 5) is 19.5. The van der Waals surface area contributed by atoms with Gasteiger partial charge in [-0.1, -0.05) is 11.6 Å². The topological polar surface area (TPSA) is 94.0 Å². The standard InChI is InChI=1S/C15H16ClF3N6O2/c1-3-20-11-8(15(17,18)19)6-21-13(23-11)22-9-7-25(24-10(9)16)14(2)4-5-27-12(14)26/h6-7H,3-5H2,1-2H3,(H2,20,21,22,23). The molecule has 1 aliphatic rings. The predicted molar refractivity (Wildman–Crippen MR) is 90.9 cm³/mol. The van der Waals surface area contributed by atoms with Gasteiger partial charge >= 0.3 is 12.1 Å². The van der Waals surface area contributed by atoms with Crippen LogP contribution in [0, 0.1) is 0 Å². The maximum absolute atomic E-state index is 13.0. The highest BCUT2D eigenvalue weighted by Crippen LogP contribution is 2.35. The number of carbonyl (C=O) groups is 1. The lowest BCUT2D eigenvalue weighted by molar-refractivity contribution is -0.145. The SMILES string of the molecule is CCNc1nc(Nc2cn(C3(C)CCOC3=O)nc2Cl)ncc1C(F)(F)F. The Labute approximate surface area is 157 Å². The van der Waals surface area contributed by atoms with Crippen molar-refractivity contribution in [2.75, 3.05) is 23.8 Å². The van der Waals surface area contributed by atoms with Crippen LogP contribution in [-0.4, -0.2) is 38.9 Å². The van der Waals surface area contributed by atoms with Gasteiger partial charge in [-0.2, -0.15) is 23.3 Å². The number of cyclic esters (lactones) is 1. The molecule has 1 fully saturated rings. The second kappa shape index (κ2) is 6.87. The van der Waals surface area contributed by atoms with Crippen molar-refractivity contribution in [2.45, 2.75) is 32.0 Å². The highest BCUT2D eigenvalue weighted by Gasteiger charge is 2.43. The van der Waals surface area contributed by atoms with Gasteiger partial charge in [-0.3, -0.25) is 4.68 Å². The Kier molecular flexibility index (Phi) is 4.89. The molecule has 0 bridgehead atoms. The van der Waals surface area contributed by atoms with Crippen molar-refractivity contribution in [1.29, 1.82) is 0 Å². The monoisotopic (exact) mass is 404 g/mol. The first-order valence-corrected chi connectivity index (χ1v) is 8.41. The van der Waals surface area contributed by atoms with Crippen LogP contribution in [0.25, 0.3) is 0 Å². The maximum atomic E-state index is 13.0. The van der Waals surface area contributed by atoms with Gasteiger partial charge in [0.25, 0.3) is 0 Å². The van der Waals surface area contributed by atoms with E-state index in [1.54, 1.807) is 13.8 Å². The Morgan fingerprint density at radius 2 is 2.19 bits per heavy atom. The average molecular weight is 405 g/mol. The van der Waals surface area contributed by atoms with Gasteiger partial charge < -0.3 is 15.4 Å². The molecule has 0 radical (unpaired) electrons. The summed E-state index contributed by atoms with van der Waals surface area (Å²) in [6.45, 7) is 3.83. The van der Waals surface area contributed by atoms with Gasteiger partial charge in [0, 0.05) is 19.2 Å². The molecule has 12 heteroatoms. The fraction of sp³-hybridized carbons (Fsp3) is 0.467. The smallest absolute Gasteiger partial charge is 0.421 e. The van der Waals surface area contributed by atoms with E-state index in [1.807, 2.05) is 0 Å². The second-order valence-corrected chi connectivity index (χ2v) is 6.40. The van der Waals surface area contributed by atoms with Crippen molar-refractivity contribution in [2.24, 2.45) is 0 Å². The van der Waals surface area contributed by atoms with Crippen LogP contribution in [0.2, 0.25) is 5.15 Å². The Morgan fingerprint density at radius 1 is 1.44 bits per heavy atom. The third-order valence-electron chi connectivity index (χ3n) is 4.12. The summed E-state index contributed by atoms with van der Waals surface area (Å²) in [5, 5.41) is 9.40. The van der Waals surface area contributed by atoms with Crippen molar-refractivity contribution < 1.29 is 22.7 Å². The Balaban J connectivity index is 1.90. The number of aromatic nitrogens is 4. The molecule has 0 aromatic carbocycles. The Hall–Kier alpha value is -2.56. The fourth-order valence-corrected chi connectivity index (χ4v) is 2.75. The minimum absolute atomic E-state index is 0.0180. The normalized spacial score (nSPS) is 19.9. The molecule has 1 atom stereocenters. The van der Waals surface area contributed by atoms with Gasteiger partial charge in [0.15, 0.2) is 10.7 Å². The number of hydrogen-bond acceptors (Lipinski definition) is 7. The third kappa shape index (κ3) is 3.64. The molecule has 0 spiro atoms. The third-order valence-corrected chi connectivity index (χ3v) is 4.40. The van der Waals surface area contributed by atoms with Crippen LogP contribution in [0.5, 0.6) is 0 Å². The van der Waals surface area contributed by atoms with Crippen molar-refractivity contribution in [3.63, 3.8) is 0 Å². The number of alkyl halides is 3. The number of rotatable bonds is 5. The molecule has 146 valence electrons. The van der Waals surface area contributed by atoms with Gasteiger partial charge in [-0.25, -0.2) is 9.78 Å². The summed E-state index contributed by atoms with van der Waals surface area (Å²) in [5.41, 5.74) is -1.72. The number of esters is 1. The molecule has 0 aliphatic carbocycles. The van der Waals surface area contributed by atoms with E-state index < -0.39 is 23.2 Å². The molecule has 8 nitrogen and oxygen atoms in total. The van der Waals surface area contributed by atoms with Crippen molar-refractivity contribution in [3.05, 3.63) is 23.1 Å². The first-order chi connectivity index (χ1) is 12.6. The molecule has 2 aromatic rings. The van der Waals surface area contributed by atoms with E-state index in [9.17, 15) is 18.0 Å². The van der Waals surface area contributed by atoms with Gasteiger partial charge in [0.05, 0.1) is 18.5 Å². The largest absolute Gasteiger partial charge is 0.464 e. The van der Waals surface area contributed by atoms with Crippen LogP contribution >= 0.6 is 11.6 Å². The summed E-state index contributed by atoms with van der Waals surface area (Å²) < 4.78 is 45.4. The van der Waals surface area contributed by atoms with Gasteiger partial charge in [0.1, 0.15) is 11.4 Å². The lowest BCUT2D eigenvalue weighted by Crippen LogP contribution is -2.35. The van der Waals surface area contributed by atoms with Crippen molar-refractivity contribution in [3.8, 4) is 0 Å². The molecule has 3 heterocycles. The van der Waals surface area contributed by atoms with E-state index in [2.05, 4.69) is 25.7 Å². The Morgan fingerprint density at radius 3 is 2.78 bits per heavy atom. The molecule has 2 N–H and O–H groups in total. The van der Waals surface area contributed by atoms with Crippen LogP contribution in [0.1, 0.15) is 25.8 Å². The predicted octanol–water partition coefficient (Wildman–Crippen LogP) is 3.18. The summed E-state index contributed by atoms with van der Waals surface area (Å²) in [6, 6.07) is 0. The van der Waals surface area contributed by atoms with E-state index in [4.69, 9.17) is 16.3 Å². The summed E-state index contributed by atoms with van der Waals surface area (Å²) in [6.07, 6.45) is -2.02. The molecule has 1 saturated heterocycles. The molecular weight excluding hydrogens is 389 g/mol. The number of ether oxygens (including phenoxy) is 1. The summed E-state index contributed by atoms with van der Waals surface area (Å²) in [7, 11) is 0. The van der Waals surface area contributed by atoms with Gasteiger partial charge in [-0.05, 0) is 13.8 Å². The number of hydrogen-bond donors (Lipinski definition) is 2. The summed E-state index contributed by atoms with van der Waals surface area (Å²) in [5.74, 6) is -0.884.